The number of aliphatic hydroxyl groups is 1. The van der Waals surface area contributed by atoms with Crippen LogP contribution in [0.25, 0.3) is 0 Å². The monoisotopic (exact) mass is 252 g/mol. The minimum atomic E-state index is -0.362. The van der Waals surface area contributed by atoms with E-state index in [9.17, 15) is 9.18 Å². The van der Waals surface area contributed by atoms with Gasteiger partial charge in [-0.15, -0.1) is 0 Å². The van der Waals surface area contributed by atoms with E-state index in [1.807, 2.05) is 4.90 Å². The summed E-state index contributed by atoms with van der Waals surface area (Å²) in [4.78, 5) is 14.4. The van der Waals surface area contributed by atoms with Crippen LogP contribution in [0.3, 0.4) is 0 Å². The Bertz CT molecular complexity index is 425. The molecule has 1 aliphatic rings. The van der Waals surface area contributed by atoms with Gasteiger partial charge in [0.15, 0.2) is 5.82 Å². The molecule has 1 aromatic rings. The van der Waals surface area contributed by atoms with Crippen LogP contribution in [0.2, 0.25) is 0 Å². The first-order valence-corrected chi connectivity index (χ1v) is 6.09. The number of nitrogens with zero attached hydrogens (tertiary/aromatic N) is 2. The van der Waals surface area contributed by atoms with Gasteiger partial charge in [-0.3, -0.25) is 4.79 Å². The van der Waals surface area contributed by atoms with Crippen LogP contribution in [-0.2, 0) is 11.4 Å². The van der Waals surface area contributed by atoms with Crippen molar-refractivity contribution < 1.29 is 14.3 Å². The molecule has 98 valence electrons. The predicted molar refractivity (Wildman–Crippen MR) is 66.8 cm³/mol. The van der Waals surface area contributed by atoms with Crippen molar-refractivity contribution in [2.75, 3.05) is 31.1 Å². The van der Waals surface area contributed by atoms with E-state index in [1.54, 1.807) is 23.1 Å². The van der Waals surface area contributed by atoms with Crippen molar-refractivity contribution in [3.63, 3.8) is 0 Å². The highest BCUT2D eigenvalue weighted by atomic mass is 19.1. The van der Waals surface area contributed by atoms with E-state index in [0.29, 0.717) is 30.9 Å². The molecular formula is C13H17FN2O2. The molecule has 0 spiro atoms. The first kappa shape index (κ1) is 12.8. The first-order valence-electron chi connectivity index (χ1n) is 6.09. The lowest BCUT2D eigenvalue weighted by molar-refractivity contribution is -0.117. The number of amides is 1. The van der Waals surface area contributed by atoms with Gasteiger partial charge in [-0.1, -0.05) is 12.1 Å². The average Bonchev–Trinajstić information content (AvgIpc) is 2.64. The van der Waals surface area contributed by atoms with Gasteiger partial charge in [-0.2, -0.15) is 0 Å². The lowest BCUT2D eigenvalue weighted by atomic mass is 10.1. The molecule has 1 amide bonds. The van der Waals surface area contributed by atoms with E-state index < -0.39 is 0 Å². The van der Waals surface area contributed by atoms with Gasteiger partial charge in [0.05, 0.1) is 12.3 Å². The molecule has 0 saturated carbocycles. The number of halogens is 1. The van der Waals surface area contributed by atoms with Crippen molar-refractivity contribution in [2.45, 2.75) is 13.0 Å². The Morgan fingerprint density at radius 3 is 2.83 bits per heavy atom. The summed E-state index contributed by atoms with van der Waals surface area (Å²) in [6.45, 7) is 2.35. The SMILES string of the molecule is O=CN1CCCN(c2cccc(CO)c2F)CC1. The molecule has 1 fully saturated rings. The Balaban J connectivity index is 2.18. The number of rotatable bonds is 3. The number of carbonyl (C=O) groups excluding carboxylic acids is 1. The minimum Gasteiger partial charge on any atom is -0.392 e. The third kappa shape index (κ3) is 2.61. The molecule has 2 rings (SSSR count). The van der Waals surface area contributed by atoms with E-state index in [2.05, 4.69) is 0 Å². The Kier molecular flexibility index (Phi) is 4.15. The van der Waals surface area contributed by atoms with E-state index in [0.717, 1.165) is 19.4 Å². The van der Waals surface area contributed by atoms with E-state index >= 15 is 0 Å². The van der Waals surface area contributed by atoms with Crippen molar-refractivity contribution in [1.29, 1.82) is 0 Å². The second-order valence-electron chi connectivity index (χ2n) is 4.39. The van der Waals surface area contributed by atoms with Crippen LogP contribution in [0.15, 0.2) is 18.2 Å². The predicted octanol–water partition coefficient (Wildman–Crippen LogP) is 0.987. The molecule has 1 aliphatic heterocycles. The van der Waals surface area contributed by atoms with Crippen LogP contribution >= 0.6 is 0 Å². The van der Waals surface area contributed by atoms with Crippen LogP contribution in [0.5, 0.6) is 0 Å². The van der Waals surface area contributed by atoms with Crippen molar-refractivity contribution in [1.82, 2.24) is 4.90 Å². The molecule has 0 aromatic heterocycles. The van der Waals surface area contributed by atoms with Gasteiger partial charge in [-0.25, -0.2) is 4.39 Å². The van der Waals surface area contributed by atoms with E-state index in [1.165, 1.54) is 0 Å². The molecule has 0 radical (unpaired) electrons. The molecule has 18 heavy (non-hydrogen) atoms. The van der Waals surface area contributed by atoms with Crippen molar-refractivity contribution >= 4 is 12.1 Å². The Hall–Kier alpha value is -1.62. The maximum atomic E-state index is 14.1. The number of hydrogen-bond acceptors (Lipinski definition) is 3. The molecule has 0 unspecified atom stereocenters. The van der Waals surface area contributed by atoms with Crippen LogP contribution in [0, 0.1) is 5.82 Å². The molecule has 1 N–H and O–H groups in total. The fraction of sp³-hybridized carbons (Fsp3) is 0.462. The Morgan fingerprint density at radius 2 is 2.11 bits per heavy atom. The zero-order valence-corrected chi connectivity index (χ0v) is 10.2. The lowest BCUT2D eigenvalue weighted by Gasteiger charge is -2.23. The lowest BCUT2D eigenvalue weighted by Crippen LogP contribution is -2.30. The highest BCUT2D eigenvalue weighted by Crippen LogP contribution is 2.23. The zero-order valence-electron chi connectivity index (χ0n) is 10.2. The van der Waals surface area contributed by atoms with Gasteiger partial charge in [-0.05, 0) is 12.5 Å². The maximum Gasteiger partial charge on any atom is 0.209 e. The molecule has 4 nitrogen and oxygen atoms in total. The van der Waals surface area contributed by atoms with Crippen LogP contribution in [-0.4, -0.2) is 42.6 Å². The molecule has 1 aromatic carbocycles. The summed E-state index contributed by atoms with van der Waals surface area (Å²) in [6, 6.07) is 5.03. The number of aliphatic hydroxyl groups excluding tert-OH is 1. The number of benzene rings is 1. The normalized spacial score (nSPS) is 16.6. The fourth-order valence-electron chi connectivity index (χ4n) is 2.22. The molecule has 1 saturated heterocycles. The number of hydrogen-bond donors (Lipinski definition) is 1. The summed E-state index contributed by atoms with van der Waals surface area (Å²) < 4.78 is 14.1. The van der Waals surface area contributed by atoms with E-state index in [4.69, 9.17) is 5.11 Å². The number of carbonyl (C=O) groups is 1. The summed E-state index contributed by atoms with van der Waals surface area (Å²) in [5.74, 6) is -0.362. The molecule has 0 atom stereocenters. The average molecular weight is 252 g/mol. The topological polar surface area (TPSA) is 43.8 Å². The smallest absolute Gasteiger partial charge is 0.209 e. The van der Waals surface area contributed by atoms with E-state index in [-0.39, 0.29) is 12.4 Å². The van der Waals surface area contributed by atoms with Gasteiger partial charge in [0, 0.05) is 31.7 Å². The molecule has 0 bridgehead atoms. The summed E-state index contributed by atoms with van der Waals surface area (Å²) in [5, 5.41) is 9.06. The second-order valence-corrected chi connectivity index (χ2v) is 4.39. The molecule has 0 aliphatic carbocycles. The van der Waals surface area contributed by atoms with Crippen LogP contribution < -0.4 is 4.90 Å². The minimum absolute atomic E-state index is 0.298. The maximum absolute atomic E-state index is 14.1. The molecular weight excluding hydrogens is 235 g/mol. The van der Waals surface area contributed by atoms with Gasteiger partial charge in [0.1, 0.15) is 0 Å². The third-order valence-electron chi connectivity index (χ3n) is 3.25. The highest BCUT2D eigenvalue weighted by molar-refractivity contribution is 5.52. The standard InChI is InChI=1S/C13H17FN2O2/c14-13-11(9-17)3-1-4-12(13)16-6-2-5-15(10-18)7-8-16/h1,3-4,10,17H,2,5-9H2. The highest BCUT2D eigenvalue weighted by Gasteiger charge is 2.17. The van der Waals surface area contributed by atoms with Gasteiger partial charge < -0.3 is 14.9 Å². The summed E-state index contributed by atoms with van der Waals surface area (Å²) in [5.41, 5.74) is 0.818. The van der Waals surface area contributed by atoms with Crippen LogP contribution in [0.4, 0.5) is 10.1 Å². The Morgan fingerprint density at radius 1 is 1.28 bits per heavy atom. The third-order valence-corrected chi connectivity index (χ3v) is 3.25. The van der Waals surface area contributed by atoms with Crippen molar-refractivity contribution in [3.8, 4) is 0 Å². The van der Waals surface area contributed by atoms with Crippen LogP contribution in [0.1, 0.15) is 12.0 Å². The summed E-state index contributed by atoms with van der Waals surface area (Å²) in [7, 11) is 0. The van der Waals surface area contributed by atoms with Gasteiger partial charge >= 0.3 is 0 Å². The molecule has 1 heterocycles. The van der Waals surface area contributed by atoms with Crippen molar-refractivity contribution in [3.05, 3.63) is 29.6 Å². The fourth-order valence-corrected chi connectivity index (χ4v) is 2.22. The largest absolute Gasteiger partial charge is 0.392 e. The quantitative estimate of drug-likeness (QED) is 0.816. The molecule has 5 heteroatoms. The second kappa shape index (κ2) is 5.82. The zero-order chi connectivity index (χ0) is 13.0. The summed E-state index contributed by atoms with van der Waals surface area (Å²) in [6.07, 6.45) is 1.66. The summed E-state index contributed by atoms with van der Waals surface area (Å²) >= 11 is 0. The van der Waals surface area contributed by atoms with Gasteiger partial charge in [0.2, 0.25) is 6.41 Å². The van der Waals surface area contributed by atoms with Gasteiger partial charge in [0.25, 0.3) is 0 Å². The van der Waals surface area contributed by atoms with Crippen molar-refractivity contribution in [2.24, 2.45) is 0 Å². The first-order chi connectivity index (χ1) is 8.76. The number of anilines is 1. The Labute approximate surface area is 106 Å².